The van der Waals surface area contributed by atoms with Crippen LogP contribution < -0.4 is 10.5 Å². The van der Waals surface area contributed by atoms with E-state index in [1.165, 1.54) is 12.1 Å². The van der Waals surface area contributed by atoms with Crippen molar-refractivity contribution in [3.63, 3.8) is 0 Å². The van der Waals surface area contributed by atoms with Crippen LogP contribution in [0.25, 0.3) is 0 Å². The van der Waals surface area contributed by atoms with Gasteiger partial charge in [-0.3, -0.25) is 0 Å². The SMILES string of the molecule is NS(=O)(=O)c1ccc(NC2CCCS(=O)(=O)C2)cc1. The standard InChI is InChI=1S/C11H16N2O4S2/c12-19(16,17)11-5-3-9(4-6-11)13-10-2-1-7-18(14,15)8-10/h3-6,10,13H,1-2,7-8H2,(H2,12,16,17). The fourth-order valence-electron chi connectivity index (χ4n) is 2.11. The zero-order valence-corrected chi connectivity index (χ0v) is 11.9. The zero-order valence-electron chi connectivity index (χ0n) is 10.2. The molecule has 1 fully saturated rings. The molecule has 0 saturated carbocycles. The molecule has 0 radical (unpaired) electrons. The van der Waals surface area contributed by atoms with Gasteiger partial charge in [0.2, 0.25) is 10.0 Å². The van der Waals surface area contributed by atoms with Crippen molar-refractivity contribution in [1.29, 1.82) is 0 Å². The second kappa shape index (κ2) is 5.10. The van der Waals surface area contributed by atoms with Crippen LogP contribution in [0.1, 0.15) is 12.8 Å². The molecule has 2 rings (SSSR count). The molecule has 0 aliphatic carbocycles. The molecular formula is C11H16N2O4S2. The molecule has 0 amide bonds. The van der Waals surface area contributed by atoms with Gasteiger partial charge in [0.15, 0.2) is 9.84 Å². The molecule has 1 atom stereocenters. The fourth-order valence-corrected chi connectivity index (χ4v) is 4.26. The molecule has 1 aliphatic heterocycles. The van der Waals surface area contributed by atoms with Crippen LogP contribution in [-0.4, -0.2) is 34.4 Å². The Morgan fingerprint density at radius 2 is 1.84 bits per heavy atom. The summed E-state index contributed by atoms with van der Waals surface area (Å²) < 4.78 is 45.2. The largest absolute Gasteiger partial charge is 0.381 e. The van der Waals surface area contributed by atoms with Crippen molar-refractivity contribution in [3.8, 4) is 0 Å². The summed E-state index contributed by atoms with van der Waals surface area (Å²) in [6.07, 6.45) is 1.44. The third-order valence-corrected chi connectivity index (χ3v) is 5.77. The molecule has 8 heteroatoms. The van der Waals surface area contributed by atoms with Crippen LogP contribution in [-0.2, 0) is 19.9 Å². The molecular weight excluding hydrogens is 288 g/mol. The van der Waals surface area contributed by atoms with Crippen molar-refractivity contribution in [2.45, 2.75) is 23.8 Å². The van der Waals surface area contributed by atoms with Crippen molar-refractivity contribution in [1.82, 2.24) is 0 Å². The monoisotopic (exact) mass is 304 g/mol. The number of sulfone groups is 1. The van der Waals surface area contributed by atoms with Gasteiger partial charge < -0.3 is 5.32 Å². The Bertz CT molecular complexity index is 650. The molecule has 1 unspecified atom stereocenters. The van der Waals surface area contributed by atoms with Crippen LogP contribution in [0.3, 0.4) is 0 Å². The first-order chi connectivity index (χ1) is 8.76. The third-order valence-electron chi connectivity index (χ3n) is 3.02. The lowest BCUT2D eigenvalue weighted by Gasteiger charge is -2.24. The maximum atomic E-state index is 11.5. The average Bonchev–Trinajstić information content (AvgIpc) is 2.27. The van der Waals surface area contributed by atoms with Crippen LogP contribution in [0.15, 0.2) is 29.2 Å². The van der Waals surface area contributed by atoms with Crippen molar-refractivity contribution >= 4 is 25.5 Å². The molecule has 1 heterocycles. The number of hydrogen-bond donors (Lipinski definition) is 2. The van der Waals surface area contributed by atoms with E-state index >= 15 is 0 Å². The predicted molar refractivity (Wildman–Crippen MR) is 73.1 cm³/mol. The van der Waals surface area contributed by atoms with E-state index in [0.717, 1.165) is 6.42 Å². The highest BCUT2D eigenvalue weighted by Gasteiger charge is 2.24. The van der Waals surface area contributed by atoms with Crippen LogP contribution in [0.5, 0.6) is 0 Å². The maximum Gasteiger partial charge on any atom is 0.238 e. The summed E-state index contributed by atoms with van der Waals surface area (Å²) >= 11 is 0. The van der Waals surface area contributed by atoms with Gasteiger partial charge in [-0.2, -0.15) is 0 Å². The second-order valence-corrected chi connectivity index (χ2v) is 8.46. The predicted octanol–water partition coefficient (Wildman–Crippen LogP) is 0.323. The Labute approximate surface area is 113 Å². The van der Waals surface area contributed by atoms with Crippen LogP contribution in [0, 0.1) is 0 Å². The zero-order chi connectivity index (χ0) is 14.1. The molecule has 0 aromatic heterocycles. The summed E-state index contributed by atoms with van der Waals surface area (Å²) in [7, 11) is -6.66. The lowest BCUT2D eigenvalue weighted by Crippen LogP contribution is -2.34. The molecule has 1 saturated heterocycles. The molecule has 1 aromatic rings. The first-order valence-electron chi connectivity index (χ1n) is 5.86. The highest BCUT2D eigenvalue weighted by Crippen LogP contribution is 2.18. The van der Waals surface area contributed by atoms with Gasteiger partial charge in [0.25, 0.3) is 0 Å². The van der Waals surface area contributed by atoms with E-state index in [4.69, 9.17) is 5.14 Å². The van der Waals surface area contributed by atoms with E-state index in [-0.39, 0.29) is 22.4 Å². The second-order valence-electron chi connectivity index (χ2n) is 4.67. The normalized spacial score (nSPS) is 22.9. The summed E-state index contributed by atoms with van der Waals surface area (Å²) in [6.45, 7) is 0. The molecule has 106 valence electrons. The fraction of sp³-hybridized carbons (Fsp3) is 0.455. The van der Waals surface area contributed by atoms with Gasteiger partial charge >= 0.3 is 0 Å². The Hall–Kier alpha value is -1.12. The van der Waals surface area contributed by atoms with Crippen LogP contribution in [0.2, 0.25) is 0 Å². The van der Waals surface area contributed by atoms with E-state index in [9.17, 15) is 16.8 Å². The van der Waals surface area contributed by atoms with E-state index in [2.05, 4.69) is 5.32 Å². The van der Waals surface area contributed by atoms with Crippen LogP contribution in [0.4, 0.5) is 5.69 Å². The highest BCUT2D eigenvalue weighted by atomic mass is 32.2. The molecule has 6 nitrogen and oxygen atoms in total. The van der Waals surface area contributed by atoms with Gasteiger partial charge in [-0.25, -0.2) is 22.0 Å². The molecule has 1 aliphatic rings. The molecule has 0 bridgehead atoms. The van der Waals surface area contributed by atoms with Gasteiger partial charge in [0, 0.05) is 11.7 Å². The van der Waals surface area contributed by atoms with Crippen molar-refractivity contribution < 1.29 is 16.8 Å². The lowest BCUT2D eigenvalue weighted by atomic mass is 10.2. The molecule has 1 aromatic carbocycles. The first-order valence-corrected chi connectivity index (χ1v) is 9.23. The van der Waals surface area contributed by atoms with Gasteiger partial charge in [0.1, 0.15) is 0 Å². The quantitative estimate of drug-likeness (QED) is 0.836. The summed E-state index contributed by atoms with van der Waals surface area (Å²) in [4.78, 5) is 0.0364. The minimum Gasteiger partial charge on any atom is -0.381 e. The van der Waals surface area contributed by atoms with Crippen LogP contribution >= 0.6 is 0 Å². The molecule has 0 spiro atoms. The van der Waals surface area contributed by atoms with E-state index in [1.807, 2.05) is 0 Å². The number of nitrogens with one attached hydrogen (secondary N) is 1. The number of rotatable bonds is 3. The number of benzene rings is 1. The van der Waals surface area contributed by atoms with Gasteiger partial charge in [0.05, 0.1) is 16.4 Å². The van der Waals surface area contributed by atoms with Crippen molar-refractivity contribution in [3.05, 3.63) is 24.3 Å². The Morgan fingerprint density at radius 1 is 1.21 bits per heavy atom. The number of sulfonamides is 1. The topological polar surface area (TPSA) is 106 Å². The number of hydrogen-bond acceptors (Lipinski definition) is 5. The number of nitrogens with two attached hydrogens (primary N) is 1. The highest BCUT2D eigenvalue weighted by molar-refractivity contribution is 7.91. The Morgan fingerprint density at radius 3 is 2.37 bits per heavy atom. The van der Waals surface area contributed by atoms with Gasteiger partial charge in [-0.15, -0.1) is 0 Å². The summed E-state index contributed by atoms with van der Waals surface area (Å²) in [5, 5.41) is 8.10. The van der Waals surface area contributed by atoms with Crippen molar-refractivity contribution in [2.75, 3.05) is 16.8 Å². The van der Waals surface area contributed by atoms with E-state index in [0.29, 0.717) is 12.1 Å². The van der Waals surface area contributed by atoms with Gasteiger partial charge in [-0.05, 0) is 37.1 Å². The Kier molecular flexibility index (Phi) is 3.84. The minimum atomic E-state index is -3.69. The summed E-state index contributed by atoms with van der Waals surface area (Å²) in [5.41, 5.74) is 0.689. The smallest absolute Gasteiger partial charge is 0.238 e. The molecule has 3 N–H and O–H groups in total. The summed E-state index contributed by atoms with van der Waals surface area (Å²) in [5.74, 6) is 0.361. The van der Waals surface area contributed by atoms with E-state index in [1.54, 1.807) is 12.1 Å². The van der Waals surface area contributed by atoms with Gasteiger partial charge in [-0.1, -0.05) is 0 Å². The number of primary sulfonamides is 1. The van der Waals surface area contributed by atoms with Crippen molar-refractivity contribution in [2.24, 2.45) is 5.14 Å². The first kappa shape index (κ1) is 14.3. The third kappa shape index (κ3) is 3.92. The minimum absolute atomic E-state index is 0.0364. The lowest BCUT2D eigenvalue weighted by molar-refractivity contribution is 0.562. The number of anilines is 1. The average molecular weight is 304 g/mol. The van der Waals surface area contributed by atoms with E-state index < -0.39 is 19.9 Å². The maximum absolute atomic E-state index is 11.5. The Balaban J connectivity index is 2.08. The molecule has 19 heavy (non-hydrogen) atoms. The summed E-state index contributed by atoms with van der Waals surface area (Å²) in [6, 6.07) is 5.84.